The molecular weight excluding hydrogens is 304 g/mol. The number of piperazine rings is 1. The van der Waals surface area contributed by atoms with E-state index in [1.807, 2.05) is 11.8 Å². The van der Waals surface area contributed by atoms with E-state index in [0.29, 0.717) is 18.4 Å². The predicted octanol–water partition coefficient (Wildman–Crippen LogP) is 0.809. The standard InChI is InChI=1S/C18H34N4O2/c1-13(2)12-16-18(24)22(11-8-20-16)14(3)17(23)21-9-5-15(4-7-19)6-10-21/h13-16,20H,4-12,19H2,1-3H3/t14?,16-/m0/s1. The van der Waals surface area contributed by atoms with Gasteiger partial charge in [-0.2, -0.15) is 0 Å². The highest BCUT2D eigenvalue weighted by Crippen LogP contribution is 2.22. The van der Waals surface area contributed by atoms with Crippen molar-refractivity contribution in [2.75, 3.05) is 32.7 Å². The van der Waals surface area contributed by atoms with E-state index in [9.17, 15) is 9.59 Å². The number of nitrogens with two attached hydrogens (primary N) is 1. The van der Waals surface area contributed by atoms with Gasteiger partial charge in [0.05, 0.1) is 6.04 Å². The number of nitrogens with one attached hydrogen (secondary N) is 1. The van der Waals surface area contributed by atoms with Crippen LogP contribution in [0, 0.1) is 11.8 Å². The fraction of sp³-hybridized carbons (Fsp3) is 0.889. The van der Waals surface area contributed by atoms with Crippen molar-refractivity contribution in [2.24, 2.45) is 17.6 Å². The van der Waals surface area contributed by atoms with Crippen molar-refractivity contribution in [3.63, 3.8) is 0 Å². The summed E-state index contributed by atoms with van der Waals surface area (Å²) < 4.78 is 0. The van der Waals surface area contributed by atoms with E-state index in [1.165, 1.54) is 0 Å². The Bertz CT molecular complexity index is 433. The van der Waals surface area contributed by atoms with E-state index in [0.717, 1.165) is 51.9 Å². The van der Waals surface area contributed by atoms with Crippen molar-refractivity contribution >= 4 is 11.8 Å². The number of nitrogens with zero attached hydrogens (tertiary/aromatic N) is 2. The topological polar surface area (TPSA) is 78.7 Å². The van der Waals surface area contributed by atoms with Crippen LogP contribution in [-0.4, -0.2) is 66.4 Å². The van der Waals surface area contributed by atoms with Crippen LogP contribution in [0.3, 0.4) is 0 Å². The monoisotopic (exact) mass is 338 g/mol. The minimum absolute atomic E-state index is 0.0776. The quantitative estimate of drug-likeness (QED) is 0.751. The molecule has 2 fully saturated rings. The number of hydrogen-bond donors (Lipinski definition) is 2. The normalized spacial score (nSPS) is 24.5. The molecule has 3 N–H and O–H groups in total. The van der Waals surface area contributed by atoms with Gasteiger partial charge in [0, 0.05) is 26.2 Å². The van der Waals surface area contributed by atoms with Crippen LogP contribution >= 0.6 is 0 Å². The third kappa shape index (κ3) is 4.70. The third-order valence-electron chi connectivity index (χ3n) is 5.36. The molecule has 2 aliphatic heterocycles. The summed E-state index contributed by atoms with van der Waals surface area (Å²) >= 11 is 0. The summed E-state index contributed by atoms with van der Waals surface area (Å²) in [6.45, 7) is 9.81. The number of rotatable bonds is 6. The van der Waals surface area contributed by atoms with Crippen molar-refractivity contribution in [1.29, 1.82) is 0 Å². The Balaban J connectivity index is 1.91. The highest BCUT2D eigenvalue weighted by Gasteiger charge is 2.36. The van der Waals surface area contributed by atoms with Gasteiger partial charge in [0.15, 0.2) is 0 Å². The SMILES string of the molecule is CC(C)C[C@@H]1NCCN(C(C)C(=O)N2CCC(CCN)CC2)C1=O. The average molecular weight is 338 g/mol. The summed E-state index contributed by atoms with van der Waals surface area (Å²) in [7, 11) is 0. The van der Waals surface area contributed by atoms with Crippen LogP contribution in [0.5, 0.6) is 0 Å². The lowest BCUT2D eigenvalue weighted by Crippen LogP contribution is -2.61. The van der Waals surface area contributed by atoms with Gasteiger partial charge in [-0.1, -0.05) is 13.8 Å². The summed E-state index contributed by atoms with van der Waals surface area (Å²) in [5.41, 5.74) is 5.63. The maximum absolute atomic E-state index is 12.8. The molecular formula is C18H34N4O2. The molecule has 0 radical (unpaired) electrons. The third-order valence-corrected chi connectivity index (χ3v) is 5.36. The van der Waals surface area contributed by atoms with Crippen molar-refractivity contribution in [3.05, 3.63) is 0 Å². The van der Waals surface area contributed by atoms with Crippen LogP contribution in [0.1, 0.15) is 46.5 Å². The molecule has 2 heterocycles. The molecule has 0 aromatic heterocycles. The second-order valence-corrected chi connectivity index (χ2v) is 7.69. The first-order valence-corrected chi connectivity index (χ1v) is 9.46. The second kappa shape index (κ2) is 8.81. The van der Waals surface area contributed by atoms with Gasteiger partial charge in [-0.3, -0.25) is 9.59 Å². The van der Waals surface area contributed by atoms with E-state index < -0.39 is 0 Å². The molecule has 1 unspecified atom stereocenters. The summed E-state index contributed by atoms with van der Waals surface area (Å²) in [5.74, 6) is 1.28. The van der Waals surface area contributed by atoms with Crippen LogP contribution in [0.2, 0.25) is 0 Å². The molecule has 138 valence electrons. The van der Waals surface area contributed by atoms with Crippen LogP contribution in [0.15, 0.2) is 0 Å². The van der Waals surface area contributed by atoms with Crippen LogP contribution < -0.4 is 11.1 Å². The number of piperidine rings is 1. The van der Waals surface area contributed by atoms with Gasteiger partial charge in [0.25, 0.3) is 0 Å². The Kier molecular flexibility index (Phi) is 7.04. The molecule has 0 bridgehead atoms. The number of hydrogen-bond acceptors (Lipinski definition) is 4. The van der Waals surface area contributed by atoms with Gasteiger partial charge in [-0.25, -0.2) is 0 Å². The summed E-state index contributed by atoms with van der Waals surface area (Å²) in [6.07, 6.45) is 3.92. The van der Waals surface area contributed by atoms with Crippen molar-refractivity contribution in [2.45, 2.75) is 58.5 Å². The van der Waals surface area contributed by atoms with Gasteiger partial charge in [0.2, 0.25) is 11.8 Å². The first-order chi connectivity index (χ1) is 11.4. The first-order valence-electron chi connectivity index (χ1n) is 9.46. The molecule has 2 amide bonds. The molecule has 0 aliphatic carbocycles. The summed E-state index contributed by atoms with van der Waals surface area (Å²) in [4.78, 5) is 29.2. The Labute approximate surface area is 146 Å². The Hall–Kier alpha value is -1.14. The van der Waals surface area contributed by atoms with Crippen molar-refractivity contribution in [1.82, 2.24) is 15.1 Å². The molecule has 6 nitrogen and oxygen atoms in total. The molecule has 2 atom stereocenters. The van der Waals surface area contributed by atoms with E-state index in [-0.39, 0.29) is 23.9 Å². The Morgan fingerprint density at radius 1 is 1.25 bits per heavy atom. The Morgan fingerprint density at radius 2 is 1.92 bits per heavy atom. The minimum atomic E-state index is -0.361. The number of carbonyl (C=O) groups excluding carboxylic acids is 2. The van der Waals surface area contributed by atoms with E-state index in [1.54, 1.807) is 4.90 Å². The number of amides is 2. The zero-order chi connectivity index (χ0) is 17.7. The lowest BCUT2D eigenvalue weighted by atomic mass is 9.93. The summed E-state index contributed by atoms with van der Waals surface area (Å²) in [6, 6.07) is -0.510. The van der Waals surface area contributed by atoms with Gasteiger partial charge in [0.1, 0.15) is 6.04 Å². The lowest BCUT2D eigenvalue weighted by molar-refractivity contribution is -0.149. The maximum atomic E-state index is 12.8. The second-order valence-electron chi connectivity index (χ2n) is 7.69. The fourth-order valence-corrected chi connectivity index (χ4v) is 3.87. The van der Waals surface area contributed by atoms with Crippen LogP contribution in [-0.2, 0) is 9.59 Å². The highest BCUT2D eigenvalue weighted by atomic mass is 16.2. The lowest BCUT2D eigenvalue weighted by Gasteiger charge is -2.40. The molecule has 0 spiro atoms. The highest BCUT2D eigenvalue weighted by molar-refractivity contribution is 5.90. The van der Waals surface area contributed by atoms with Crippen molar-refractivity contribution < 1.29 is 9.59 Å². The largest absolute Gasteiger partial charge is 0.341 e. The molecule has 0 aromatic rings. The Morgan fingerprint density at radius 3 is 2.50 bits per heavy atom. The van der Waals surface area contributed by atoms with Crippen LogP contribution in [0.25, 0.3) is 0 Å². The van der Waals surface area contributed by atoms with Gasteiger partial charge >= 0.3 is 0 Å². The predicted molar refractivity (Wildman–Crippen MR) is 95.4 cm³/mol. The van der Waals surface area contributed by atoms with E-state index in [4.69, 9.17) is 5.73 Å². The zero-order valence-electron chi connectivity index (χ0n) is 15.5. The van der Waals surface area contributed by atoms with Gasteiger partial charge in [-0.05, 0) is 51.0 Å². The van der Waals surface area contributed by atoms with E-state index >= 15 is 0 Å². The number of likely N-dealkylation sites (tertiary alicyclic amines) is 1. The number of carbonyl (C=O) groups is 2. The summed E-state index contributed by atoms with van der Waals surface area (Å²) in [5, 5.41) is 3.30. The van der Waals surface area contributed by atoms with Gasteiger partial charge in [-0.15, -0.1) is 0 Å². The zero-order valence-corrected chi connectivity index (χ0v) is 15.5. The first kappa shape index (κ1) is 19.2. The maximum Gasteiger partial charge on any atom is 0.245 e. The minimum Gasteiger partial charge on any atom is -0.341 e. The van der Waals surface area contributed by atoms with E-state index in [2.05, 4.69) is 19.2 Å². The molecule has 2 aliphatic rings. The average Bonchev–Trinajstić information content (AvgIpc) is 2.56. The molecule has 2 rings (SSSR count). The molecule has 24 heavy (non-hydrogen) atoms. The molecule has 6 heteroatoms. The van der Waals surface area contributed by atoms with Gasteiger partial charge < -0.3 is 20.9 Å². The van der Waals surface area contributed by atoms with Crippen LogP contribution in [0.4, 0.5) is 0 Å². The molecule has 0 saturated carbocycles. The molecule has 2 saturated heterocycles. The molecule has 0 aromatic carbocycles. The fourth-order valence-electron chi connectivity index (χ4n) is 3.87. The van der Waals surface area contributed by atoms with Crippen molar-refractivity contribution in [3.8, 4) is 0 Å². The smallest absolute Gasteiger partial charge is 0.245 e.